The van der Waals surface area contributed by atoms with Crippen LogP contribution < -0.4 is 4.31 Å². The Bertz CT molecular complexity index is 1330. The average molecular weight is 445 g/mol. The van der Waals surface area contributed by atoms with Crippen molar-refractivity contribution in [1.29, 1.82) is 0 Å². The molecule has 3 aromatic carbocycles. The number of fused-ring (bicyclic) bond motifs is 1. The lowest BCUT2D eigenvalue weighted by atomic mass is 10.0. The predicted octanol–water partition coefficient (Wildman–Crippen LogP) is 4.99. The molecule has 0 aliphatic rings. The van der Waals surface area contributed by atoms with Crippen LogP contribution in [-0.4, -0.2) is 18.2 Å². The molecule has 0 N–H and O–H groups in total. The maximum absolute atomic E-state index is 13.5. The summed E-state index contributed by atoms with van der Waals surface area (Å²) in [6, 6.07) is 21.9. The van der Waals surface area contributed by atoms with Crippen LogP contribution in [0, 0.1) is 0 Å². The summed E-state index contributed by atoms with van der Waals surface area (Å²) in [6.07, 6.45) is -4.75. The number of nitrogens with zero attached hydrogens (tertiary/aromatic N) is 3. The van der Waals surface area contributed by atoms with Gasteiger partial charge in [-0.2, -0.15) is 26.7 Å². The van der Waals surface area contributed by atoms with Crippen molar-refractivity contribution in [2.24, 2.45) is 7.05 Å². The van der Waals surface area contributed by atoms with Crippen LogP contribution in [-0.2, 0) is 29.8 Å². The number of para-hydroxylation sites is 1. The van der Waals surface area contributed by atoms with E-state index in [9.17, 15) is 21.6 Å². The van der Waals surface area contributed by atoms with E-state index in [1.165, 1.54) is 7.05 Å². The minimum Gasteiger partial charge on any atom is -0.261 e. The number of sulfonamides is 1. The quantitative estimate of drug-likeness (QED) is 0.435. The smallest absolute Gasteiger partial charge is 0.261 e. The first kappa shape index (κ1) is 20.9. The molecule has 0 bridgehead atoms. The van der Waals surface area contributed by atoms with Gasteiger partial charge >= 0.3 is 6.18 Å². The zero-order valence-corrected chi connectivity index (χ0v) is 17.2. The Hall–Kier alpha value is -3.33. The van der Waals surface area contributed by atoms with Crippen LogP contribution in [0.4, 0.5) is 18.9 Å². The summed E-state index contributed by atoms with van der Waals surface area (Å²) in [5, 5.41) is 4.63. The molecule has 160 valence electrons. The van der Waals surface area contributed by atoms with E-state index in [-0.39, 0.29) is 6.54 Å². The Labute approximate surface area is 177 Å². The Morgan fingerprint density at radius 2 is 1.58 bits per heavy atom. The van der Waals surface area contributed by atoms with Crippen LogP contribution in [0.2, 0.25) is 0 Å². The van der Waals surface area contributed by atoms with Crippen LogP contribution in [0.5, 0.6) is 0 Å². The summed E-state index contributed by atoms with van der Waals surface area (Å²) >= 11 is 0. The van der Waals surface area contributed by atoms with Crippen molar-refractivity contribution in [3.8, 4) is 0 Å². The van der Waals surface area contributed by atoms with Crippen LogP contribution in [0.25, 0.3) is 10.8 Å². The minimum atomic E-state index is -4.75. The summed E-state index contributed by atoms with van der Waals surface area (Å²) < 4.78 is 68.3. The van der Waals surface area contributed by atoms with Gasteiger partial charge in [0.15, 0.2) is 10.7 Å². The van der Waals surface area contributed by atoms with Gasteiger partial charge in [0, 0.05) is 13.1 Å². The van der Waals surface area contributed by atoms with Crippen molar-refractivity contribution in [2.45, 2.75) is 17.7 Å². The molecule has 0 saturated heterocycles. The molecule has 0 radical (unpaired) electrons. The summed E-state index contributed by atoms with van der Waals surface area (Å²) in [5.41, 5.74) is -0.194. The molecule has 4 aromatic rings. The van der Waals surface area contributed by atoms with Crippen LogP contribution >= 0.6 is 0 Å². The highest BCUT2D eigenvalue weighted by molar-refractivity contribution is 7.92. The molecule has 0 aliphatic heterocycles. The summed E-state index contributed by atoms with van der Waals surface area (Å²) in [5.74, 6) is 0. The van der Waals surface area contributed by atoms with E-state index in [0.717, 1.165) is 25.3 Å². The van der Waals surface area contributed by atoms with Gasteiger partial charge in [-0.05, 0) is 28.5 Å². The van der Waals surface area contributed by atoms with Gasteiger partial charge in [-0.1, -0.05) is 60.7 Å². The van der Waals surface area contributed by atoms with Crippen molar-refractivity contribution in [3.05, 3.63) is 90.1 Å². The standard InChI is InChI=1S/C22H18F3N3O2S/c1-27-21(14-20(26-27)22(23,24)25)31(29,30)28(18-11-3-2-4-12-18)15-17-10-7-9-16-8-5-6-13-19(16)17/h2-14H,15H2,1H3. The molecule has 0 saturated carbocycles. The first-order valence-electron chi connectivity index (χ1n) is 9.33. The summed E-state index contributed by atoms with van der Waals surface area (Å²) in [7, 11) is -3.17. The normalized spacial score (nSPS) is 12.3. The number of hydrogen-bond acceptors (Lipinski definition) is 3. The van der Waals surface area contributed by atoms with E-state index < -0.39 is 26.9 Å². The van der Waals surface area contributed by atoms with Gasteiger partial charge in [0.05, 0.1) is 12.2 Å². The van der Waals surface area contributed by atoms with Gasteiger partial charge < -0.3 is 0 Å². The molecule has 0 spiro atoms. The highest BCUT2D eigenvalue weighted by Gasteiger charge is 2.38. The fourth-order valence-electron chi connectivity index (χ4n) is 3.44. The van der Waals surface area contributed by atoms with Gasteiger partial charge in [-0.3, -0.25) is 8.99 Å². The average Bonchev–Trinajstić information content (AvgIpc) is 3.15. The van der Waals surface area contributed by atoms with Crippen molar-refractivity contribution in [2.75, 3.05) is 4.31 Å². The molecule has 0 unspecified atom stereocenters. The maximum Gasteiger partial charge on any atom is 0.435 e. The van der Waals surface area contributed by atoms with E-state index in [1.807, 2.05) is 36.4 Å². The third kappa shape index (κ3) is 4.00. The predicted molar refractivity (Wildman–Crippen MR) is 112 cm³/mol. The molecule has 4 rings (SSSR count). The van der Waals surface area contributed by atoms with Crippen LogP contribution in [0.1, 0.15) is 11.3 Å². The molecule has 5 nitrogen and oxygen atoms in total. The molecule has 0 fully saturated rings. The Kier molecular flexibility index (Phi) is 5.22. The molecule has 1 heterocycles. The second-order valence-corrected chi connectivity index (χ2v) is 8.78. The van der Waals surface area contributed by atoms with Gasteiger partial charge in [0.1, 0.15) is 0 Å². The third-order valence-corrected chi connectivity index (χ3v) is 6.75. The Balaban J connectivity index is 1.85. The fraction of sp³-hybridized carbons (Fsp3) is 0.136. The zero-order valence-electron chi connectivity index (χ0n) is 16.4. The maximum atomic E-state index is 13.5. The number of rotatable bonds is 5. The van der Waals surface area contributed by atoms with Gasteiger partial charge in [0.25, 0.3) is 10.0 Å². The van der Waals surface area contributed by atoms with E-state index in [4.69, 9.17) is 0 Å². The molecule has 0 atom stereocenters. The zero-order chi connectivity index (χ0) is 22.2. The minimum absolute atomic E-state index is 0.0553. The number of aryl methyl sites for hydroxylation is 1. The number of aromatic nitrogens is 2. The summed E-state index contributed by atoms with van der Waals surface area (Å²) in [4.78, 5) is 0. The Morgan fingerprint density at radius 3 is 2.26 bits per heavy atom. The lowest BCUT2D eigenvalue weighted by Crippen LogP contribution is -2.32. The topological polar surface area (TPSA) is 55.2 Å². The highest BCUT2D eigenvalue weighted by Crippen LogP contribution is 2.32. The van der Waals surface area contributed by atoms with Crippen LogP contribution in [0.15, 0.2) is 83.9 Å². The SMILES string of the molecule is Cn1nc(C(F)(F)F)cc1S(=O)(=O)N(Cc1cccc2ccccc12)c1ccccc1. The van der Waals surface area contributed by atoms with E-state index >= 15 is 0 Å². The van der Waals surface area contributed by atoms with Crippen molar-refractivity contribution >= 4 is 26.5 Å². The van der Waals surface area contributed by atoms with Gasteiger partial charge in [0.2, 0.25) is 0 Å². The summed E-state index contributed by atoms with van der Waals surface area (Å²) in [6.45, 7) is -0.0553. The van der Waals surface area contributed by atoms with E-state index in [0.29, 0.717) is 11.8 Å². The van der Waals surface area contributed by atoms with Gasteiger partial charge in [-0.25, -0.2) is 0 Å². The number of benzene rings is 3. The van der Waals surface area contributed by atoms with E-state index in [2.05, 4.69) is 5.10 Å². The lowest BCUT2D eigenvalue weighted by molar-refractivity contribution is -0.141. The lowest BCUT2D eigenvalue weighted by Gasteiger charge is -2.25. The molecular formula is C22H18F3N3O2S. The molecule has 9 heteroatoms. The first-order chi connectivity index (χ1) is 14.7. The molecule has 0 amide bonds. The largest absolute Gasteiger partial charge is 0.435 e. The monoisotopic (exact) mass is 445 g/mol. The first-order valence-corrected chi connectivity index (χ1v) is 10.8. The second kappa shape index (κ2) is 7.73. The van der Waals surface area contributed by atoms with Crippen molar-refractivity contribution < 1.29 is 21.6 Å². The number of halogens is 3. The number of alkyl halides is 3. The molecular weight excluding hydrogens is 427 g/mol. The Morgan fingerprint density at radius 1 is 0.935 bits per heavy atom. The molecule has 31 heavy (non-hydrogen) atoms. The third-order valence-electron chi connectivity index (χ3n) is 4.92. The van der Waals surface area contributed by atoms with E-state index in [1.54, 1.807) is 36.4 Å². The number of anilines is 1. The van der Waals surface area contributed by atoms with Crippen molar-refractivity contribution in [1.82, 2.24) is 9.78 Å². The highest BCUT2D eigenvalue weighted by atomic mass is 32.2. The van der Waals surface area contributed by atoms with Crippen LogP contribution in [0.3, 0.4) is 0 Å². The van der Waals surface area contributed by atoms with Crippen molar-refractivity contribution in [3.63, 3.8) is 0 Å². The molecule has 1 aromatic heterocycles. The molecule has 0 aliphatic carbocycles. The number of hydrogen-bond donors (Lipinski definition) is 0. The van der Waals surface area contributed by atoms with Gasteiger partial charge in [-0.15, -0.1) is 0 Å². The second-order valence-electron chi connectivity index (χ2n) is 6.97. The fourth-order valence-corrected chi connectivity index (χ4v) is 5.01.